The van der Waals surface area contributed by atoms with Crippen molar-refractivity contribution >= 4 is 11.7 Å². The Morgan fingerprint density at radius 1 is 1.10 bits per heavy atom. The van der Waals surface area contributed by atoms with Crippen LogP contribution in [-0.4, -0.2) is 31.3 Å². The van der Waals surface area contributed by atoms with Gasteiger partial charge >= 0.3 is 5.97 Å². The number of nitrogens with zero attached hydrogens (tertiary/aromatic N) is 1. The van der Waals surface area contributed by atoms with Gasteiger partial charge in [0.1, 0.15) is 19.0 Å². The number of esters is 1. The van der Waals surface area contributed by atoms with Gasteiger partial charge in [-0.15, -0.1) is 0 Å². The van der Waals surface area contributed by atoms with Crippen molar-refractivity contribution in [3.05, 3.63) is 48.2 Å². The lowest BCUT2D eigenvalue weighted by Crippen LogP contribution is -2.12. The molecule has 0 aliphatic rings. The number of pyridine rings is 1. The van der Waals surface area contributed by atoms with Gasteiger partial charge in [-0.1, -0.05) is 18.2 Å². The summed E-state index contributed by atoms with van der Waals surface area (Å²) in [7, 11) is 1.29. The molecule has 110 valence electrons. The molecule has 0 unspecified atom stereocenters. The number of hydrogen-bond donors (Lipinski definition) is 1. The van der Waals surface area contributed by atoms with Gasteiger partial charge in [0.2, 0.25) is 5.88 Å². The van der Waals surface area contributed by atoms with E-state index in [1.165, 1.54) is 13.2 Å². The van der Waals surface area contributed by atoms with Crippen LogP contribution in [0.25, 0.3) is 0 Å². The molecule has 0 bridgehead atoms. The van der Waals surface area contributed by atoms with Crippen LogP contribution < -0.4 is 15.2 Å². The molecule has 1 aromatic heterocycles. The quantitative estimate of drug-likeness (QED) is 0.645. The van der Waals surface area contributed by atoms with Crippen molar-refractivity contribution in [3.8, 4) is 11.6 Å². The van der Waals surface area contributed by atoms with Crippen LogP contribution in [0.15, 0.2) is 42.5 Å². The highest BCUT2D eigenvalue weighted by Gasteiger charge is 2.11. The van der Waals surface area contributed by atoms with E-state index >= 15 is 0 Å². The van der Waals surface area contributed by atoms with Crippen LogP contribution in [-0.2, 0) is 4.74 Å². The molecule has 0 saturated heterocycles. The number of methoxy groups -OCH3 is 1. The van der Waals surface area contributed by atoms with Crippen molar-refractivity contribution < 1.29 is 19.0 Å². The first-order valence-electron chi connectivity index (χ1n) is 6.36. The topological polar surface area (TPSA) is 83.7 Å². The second-order valence-electron chi connectivity index (χ2n) is 4.09. The largest absolute Gasteiger partial charge is 0.490 e. The fraction of sp³-hybridized carbons (Fsp3) is 0.200. The summed E-state index contributed by atoms with van der Waals surface area (Å²) in [6.07, 6.45) is 0. The van der Waals surface area contributed by atoms with Gasteiger partial charge in [-0.2, -0.15) is 0 Å². The lowest BCUT2D eigenvalue weighted by Gasteiger charge is -2.10. The normalized spacial score (nSPS) is 9.95. The van der Waals surface area contributed by atoms with E-state index in [2.05, 4.69) is 9.72 Å². The molecule has 2 aromatic rings. The maximum atomic E-state index is 11.4. The van der Waals surface area contributed by atoms with E-state index in [1.807, 2.05) is 30.3 Å². The molecule has 6 heteroatoms. The fourth-order valence-corrected chi connectivity index (χ4v) is 1.60. The van der Waals surface area contributed by atoms with Crippen molar-refractivity contribution in [1.29, 1.82) is 0 Å². The highest BCUT2D eigenvalue weighted by atomic mass is 16.5. The third-order valence-electron chi connectivity index (χ3n) is 2.62. The van der Waals surface area contributed by atoms with Crippen LogP contribution in [0, 0.1) is 0 Å². The molecular weight excluding hydrogens is 272 g/mol. The number of carbonyl (C=O) groups is 1. The number of nitrogens with two attached hydrogens (primary N) is 1. The fourth-order valence-electron chi connectivity index (χ4n) is 1.60. The first-order valence-corrected chi connectivity index (χ1v) is 6.36. The third-order valence-corrected chi connectivity index (χ3v) is 2.62. The molecule has 1 aromatic carbocycles. The van der Waals surface area contributed by atoms with Crippen molar-refractivity contribution in [1.82, 2.24) is 4.98 Å². The highest BCUT2D eigenvalue weighted by Crippen LogP contribution is 2.19. The van der Waals surface area contributed by atoms with Crippen molar-refractivity contribution in [2.75, 3.05) is 26.1 Å². The monoisotopic (exact) mass is 288 g/mol. The Morgan fingerprint density at radius 2 is 1.81 bits per heavy atom. The molecule has 0 fully saturated rings. The van der Waals surface area contributed by atoms with Gasteiger partial charge in [0, 0.05) is 0 Å². The highest BCUT2D eigenvalue weighted by molar-refractivity contribution is 5.87. The average Bonchev–Trinajstić information content (AvgIpc) is 2.53. The minimum Gasteiger partial charge on any atom is -0.490 e. The molecule has 0 radical (unpaired) electrons. The van der Waals surface area contributed by atoms with Gasteiger partial charge in [0.05, 0.1) is 12.8 Å². The number of anilines is 1. The first kappa shape index (κ1) is 14.6. The van der Waals surface area contributed by atoms with Crippen molar-refractivity contribution in [2.24, 2.45) is 0 Å². The van der Waals surface area contributed by atoms with Gasteiger partial charge < -0.3 is 19.9 Å². The van der Waals surface area contributed by atoms with E-state index in [1.54, 1.807) is 6.07 Å². The molecule has 2 rings (SSSR count). The number of benzene rings is 1. The average molecular weight is 288 g/mol. The van der Waals surface area contributed by atoms with Gasteiger partial charge in [0.15, 0.2) is 5.69 Å². The number of carbonyl (C=O) groups excluding carboxylic acids is 1. The Morgan fingerprint density at radius 3 is 2.52 bits per heavy atom. The first-order chi connectivity index (χ1) is 10.2. The van der Waals surface area contributed by atoms with Gasteiger partial charge in [-0.3, -0.25) is 0 Å². The Kier molecular flexibility index (Phi) is 4.98. The lowest BCUT2D eigenvalue weighted by atomic mass is 10.3. The molecule has 0 atom stereocenters. The lowest BCUT2D eigenvalue weighted by molar-refractivity contribution is 0.0592. The van der Waals surface area contributed by atoms with E-state index in [0.29, 0.717) is 12.3 Å². The zero-order valence-corrected chi connectivity index (χ0v) is 11.6. The zero-order valence-electron chi connectivity index (χ0n) is 11.6. The smallest absolute Gasteiger partial charge is 0.356 e. The Balaban J connectivity index is 1.89. The second kappa shape index (κ2) is 7.14. The SMILES string of the molecule is COC(=O)c1ccc(N)c(OCCOc2ccccc2)n1. The van der Waals surface area contributed by atoms with Gasteiger partial charge in [-0.25, -0.2) is 9.78 Å². The Bertz CT molecular complexity index is 602. The molecule has 21 heavy (non-hydrogen) atoms. The Hall–Kier alpha value is -2.76. The summed E-state index contributed by atoms with van der Waals surface area (Å²) in [5, 5.41) is 0. The van der Waals surface area contributed by atoms with E-state index in [0.717, 1.165) is 5.75 Å². The van der Waals surface area contributed by atoms with Gasteiger partial charge in [0.25, 0.3) is 0 Å². The van der Waals surface area contributed by atoms with Crippen molar-refractivity contribution in [2.45, 2.75) is 0 Å². The summed E-state index contributed by atoms with van der Waals surface area (Å²) in [4.78, 5) is 15.4. The van der Waals surface area contributed by atoms with E-state index in [4.69, 9.17) is 15.2 Å². The maximum absolute atomic E-state index is 11.4. The molecule has 0 spiro atoms. The van der Waals surface area contributed by atoms with E-state index in [9.17, 15) is 4.79 Å². The van der Waals surface area contributed by atoms with Crippen LogP contribution in [0.1, 0.15) is 10.5 Å². The second-order valence-corrected chi connectivity index (χ2v) is 4.09. The van der Waals surface area contributed by atoms with Crippen molar-refractivity contribution in [3.63, 3.8) is 0 Å². The summed E-state index contributed by atoms with van der Waals surface area (Å²) in [6, 6.07) is 12.4. The van der Waals surface area contributed by atoms with E-state index < -0.39 is 5.97 Å². The number of ether oxygens (including phenoxy) is 3. The zero-order chi connectivity index (χ0) is 15.1. The summed E-state index contributed by atoms with van der Waals surface area (Å²) in [6.45, 7) is 0.601. The molecule has 1 heterocycles. The predicted octanol–water partition coefficient (Wildman–Crippen LogP) is 1.91. The minimum absolute atomic E-state index is 0.144. The van der Waals surface area contributed by atoms with Crippen LogP contribution >= 0.6 is 0 Å². The molecule has 0 aliphatic heterocycles. The standard InChI is InChI=1S/C15H16N2O4/c1-19-15(18)13-8-7-12(16)14(17-13)21-10-9-20-11-5-3-2-4-6-11/h2-8H,9-10,16H2,1H3. The van der Waals surface area contributed by atoms with Crippen LogP contribution in [0.4, 0.5) is 5.69 Å². The molecular formula is C15H16N2O4. The van der Waals surface area contributed by atoms with Crippen LogP contribution in [0.3, 0.4) is 0 Å². The molecule has 2 N–H and O–H groups in total. The molecule has 0 saturated carbocycles. The summed E-state index contributed by atoms with van der Waals surface area (Å²) in [5.41, 5.74) is 6.24. The molecule has 0 amide bonds. The minimum atomic E-state index is -0.541. The number of rotatable bonds is 6. The molecule has 6 nitrogen and oxygen atoms in total. The van der Waals surface area contributed by atoms with Crippen LogP contribution in [0.5, 0.6) is 11.6 Å². The summed E-state index contributed by atoms with van der Waals surface area (Å²) >= 11 is 0. The van der Waals surface area contributed by atoms with Crippen LogP contribution in [0.2, 0.25) is 0 Å². The number of para-hydroxylation sites is 1. The maximum Gasteiger partial charge on any atom is 0.356 e. The summed E-state index contributed by atoms with van der Waals surface area (Å²) in [5.74, 6) is 0.403. The number of hydrogen-bond acceptors (Lipinski definition) is 6. The Labute approximate surface area is 122 Å². The number of aromatic nitrogens is 1. The third kappa shape index (κ3) is 4.10. The summed E-state index contributed by atoms with van der Waals surface area (Å²) < 4.78 is 15.5. The predicted molar refractivity (Wildman–Crippen MR) is 77.4 cm³/mol. The van der Waals surface area contributed by atoms with Gasteiger partial charge in [-0.05, 0) is 24.3 Å². The van der Waals surface area contributed by atoms with E-state index in [-0.39, 0.29) is 18.2 Å². The molecule has 0 aliphatic carbocycles. The number of nitrogen functional groups attached to an aromatic ring is 1.